The Morgan fingerprint density at radius 3 is 2.53 bits per heavy atom. The second-order valence-corrected chi connectivity index (χ2v) is 5.90. The van der Waals surface area contributed by atoms with Gasteiger partial charge in [0, 0.05) is 0 Å². The normalized spacial score (nSPS) is 16.1. The Hall–Kier alpha value is -0.730. The average Bonchev–Trinajstić information content (AvgIpc) is 2.28. The maximum atomic E-state index is 11.7. The van der Waals surface area contributed by atoms with Gasteiger partial charge in [0.05, 0.1) is 11.8 Å². The van der Waals surface area contributed by atoms with Crippen LogP contribution in [0.3, 0.4) is 0 Å². The van der Waals surface area contributed by atoms with Crippen molar-refractivity contribution in [3.05, 3.63) is 0 Å². The lowest BCUT2D eigenvalue weighted by atomic mass is 9.90. The fraction of sp³-hybridized carbons (Fsp3) is 0.833. The number of carbonyl (C=O) groups excluding carboxylic acids is 1. The zero-order valence-electron chi connectivity index (χ0n) is 11.1. The molecule has 0 aliphatic heterocycles. The minimum absolute atomic E-state index is 0.0861. The quantitative estimate of drug-likeness (QED) is 0.722. The minimum Gasteiger partial charge on any atom is -0.337 e. The molecule has 0 aromatic rings. The van der Waals surface area contributed by atoms with E-state index in [0.717, 1.165) is 5.75 Å². The van der Waals surface area contributed by atoms with Crippen LogP contribution in [0, 0.1) is 23.2 Å². The first-order valence-corrected chi connectivity index (χ1v) is 7.01. The van der Waals surface area contributed by atoms with E-state index in [9.17, 15) is 4.79 Å². The van der Waals surface area contributed by atoms with E-state index < -0.39 is 5.54 Å². The fourth-order valence-corrected chi connectivity index (χ4v) is 1.96. The van der Waals surface area contributed by atoms with Crippen molar-refractivity contribution < 1.29 is 4.79 Å². The molecule has 17 heavy (non-hydrogen) atoms. The Labute approximate surface area is 108 Å². The van der Waals surface area contributed by atoms with Crippen molar-refractivity contribution in [2.24, 2.45) is 17.6 Å². The Bertz CT molecular complexity index is 288. The predicted molar refractivity (Wildman–Crippen MR) is 72.5 cm³/mol. The number of rotatable bonds is 7. The van der Waals surface area contributed by atoms with Gasteiger partial charge in [0.25, 0.3) is 0 Å². The predicted octanol–water partition coefficient (Wildman–Crippen LogP) is 1.37. The van der Waals surface area contributed by atoms with E-state index in [1.165, 1.54) is 0 Å². The third kappa shape index (κ3) is 5.94. The first kappa shape index (κ1) is 16.3. The zero-order chi connectivity index (χ0) is 13.5. The first-order valence-electron chi connectivity index (χ1n) is 5.85. The van der Waals surface area contributed by atoms with Gasteiger partial charge in [-0.1, -0.05) is 20.8 Å². The molecule has 0 aromatic carbocycles. The highest BCUT2D eigenvalue weighted by Crippen LogP contribution is 2.15. The van der Waals surface area contributed by atoms with Crippen LogP contribution in [0.2, 0.25) is 0 Å². The summed E-state index contributed by atoms with van der Waals surface area (Å²) in [5.41, 5.74) is 4.71. The lowest BCUT2D eigenvalue weighted by molar-refractivity contribution is -0.120. The molecule has 1 amide bonds. The van der Waals surface area contributed by atoms with Crippen LogP contribution in [-0.2, 0) is 4.79 Å². The van der Waals surface area contributed by atoms with E-state index in [2.05, 4.69) is 18.3 Å². The monoisotopic (exact) mass is 257 g/mol. The smallest absolute Gasteiger partial charge is 0.231 e. The van der Waals surface area contributed by atoms with Crippen LogP contribution in [0.25, 0.3) is 0 Å². The summed E-state index contributed by atoms with van der Waals surface area (Å²) in [6.07, 6.45) is 0. The van der Waals surface area contributed by atoms with E-state index in [1.54, 1.807) is 18.7 Å². The topological polar surface area (TPSA) is 78.9 Å². The van der Waals surface area contributed by atoms with E-state index in [0.29, 0.717) is 18.2 Å². The number of hydrogen-bond acceptors (Lipinski definition) is 4. The second kappa shape index (κ2) is 7.57. The first-order chi connectivity index (χ1) is 7.85. The molecule has 0 aromatic heterocycles. The molecule has 0 fully saturated rings. The highest BCUT2D eigenvalue weighted by Gasteiger charge is 2.29. The van der Waals surface area contributed by atoms with Gasteiger partial charge in [0.2, 0.25) is 5.91 Å². The summed E-state index contributed by atoms with van der Waals surface area (Å²) in [6.45, 7) is 8.29. The lowest BCUT2D eigenvalue weighted by Gasteiger charge is -2.27. The standard InChI is InChI=1S/C12H23N3OS/c1-9(2)12(4,8-14)15-11(16)7-17-6-10(3)5-13/h9-10H,5-7,13H2,1-4H3,(H,15,16). The average molecular weight is 257 g/mol. The van der Waals surface area contributed by atoms with Gasteiger partial charge in [0.15, 0.2) is 0 Å². The summed E-state index contributed by atoms with van der Waals surface area (Å²) in [4.78, 5) is 11.7. The van der Waals surface area contributed by atoms with E-state index in [1.807, 2.05) is 13.8 Å². The molecule has 0 heterocycles. The van der Waals surface area contributed by atoms with Gasteiger partial charge in [0.1, 0.15) is 5.54 Å². The molecule has 3 N–H and O–H groups in total. The number of nitriles is 1. The van der Waals surface area contributed by atoms with Crippen LogP contribution >= 0.6 is 11.8 Å². The number of amides is 1. The van der Waals surface area contributed by atoms with Gasteiger partial charge in [-0.3, -0.25) is 4.79 Å². The molecule has 0 saturated carbocycles. The van der Waals surface area contributed by atoms with Gasteiger partial charge in [-0.25, -0.2) is 0 Å². The minimum atomic E-state index is -0.781. The van der Waals surface area contributed by atoms with Crippen molar-refractivity contribution >= 4 is 17.7 Å². The summed E-state index contributed by atoms with van der Waals surface area (Å²) in [6, 6.07) is 2.16. The molecule has 2 unspecified atom stereocenters. The Kier molecular flexibility index (Phi) is 7.24. The van der Waals surface area contributed by atoms with E-state index in [4.69, 9.17) is 11.0 Å². The Balaban J connectivity index is 4.06. The van der Waals surface area contributed by atoms with Gasteiger partial charge in [-0.2, -0.15) is 17.0 Å². The molecule has 98 valence electrons. The van der Waals surface area contributed by atoms with Crippen LogP contribution in [0.5, 0.6) is 0 Å². The second-order valence-electron chi connectivity index (χ2n) is 4.87. The van der Waals surface area contributed by atoms with Crippen molar-refractivity contribution in [3.8, 4) is 6.07 Å². The summed E-state index contributed by atoms with van der Waals surface area (Å²) in [5.74, 6) is 1.67. The molecular weight excluding hydrogens is 234 g/mol. The third-order valence-corrected chi connectivity index (χ3v) is 4.09. The lowest BCUT2D eigenvalue weighted by Crippen LogP contribution is -2.49. The van der Waals surface area contributed by atoms with Crippen LogP contribution in [0.15, 0.2) is 0 Å². The number of nitrogens with zero attached hydrogens (tertiary/aromatic N) is 1. The summed E-state index contributed by atoms with van der Waals surface area (Å²) < 4.78 is 0. The third-order valence-electron chi connectivity index (χ3n) is 2.82. The molecule has 4 nitrogen and oxygen atoms in total. The van der Waals surface area contributed by atoms with Crippen LogP contribution in [0.1, 0.15) is 27.7 Å². The summed E-state index contributed by atoms with van der Waals surface area (Å²) in [5, 5.41) is 11.9. The molecule has 0 saturated heterocycles. The molecule has 5 heteroatoms. The summed E-state index contributed by atoms with van der Waals surface area (Å²) in [7, 11) is 0. The molecule has 0 rings (SSSR count). The van der Waals surface area contributed by atoms with Crippen LogP contribution < -0.4 is 11.1 Å². The SMILES string of the molecule is CC(CN)CSCC(=O)NC(C)(C#N)C(C)C. The maximum absolute atomic E-state index is 11.7. The molecule has 2 atom stereocenters. The summed E-state index contributed by atoms with van der Waals surface area (Å²) >= 11 is 1.56. The number of thioether (sulfide) groups is 1. The van der Waals surface area contributed by atoms with Crippen molar-refractivity contribution in [3.63, 3.8) is 0 Å². The number of hydrogen-bond donors (Lipinski definition) is 2. The van der Waals surface area contributed by atoms with Gasteiger partial charge < -0.3 is 11.1 Å². The van der Waals surface area contributed by atoms with Gasteiger partial charge in [-0.15, -0.1) is 0 Å². The highest BCUT2D eigenvalue weighted by molar-refractivity contribution is 7.99. The Morgan fingerprint density at radius 1 is 1.53 bits per heavy atom. The molecule has 0 aliphatic rings. The maximum Gasteiger partial charge on any atom is 0.231 e. The number of nitrogens with one attached hydrogen (secondary N) is 1. The van der Waals surface area contributed by atoms with E-state index >= 15 is 0 Å². The van der Waals surface area contributed by atoms with Crippen molar-refractivity contribution in [1.82, 2.24) is 5.32 Å². The van der Waals surface area contributed by atoms with Crippen LogP contribution in [-0.4, -0.2) is 29.5 Å². The fourth-order valence-electron chi connectivity index (χ4n) is 1.05. The number of nitrogens with two attached hydrogens (primary N) is 1. The molecule has 0 radical (unpaired) electrons. The van der Waals surface area contributed by atoms with Gasteiger partial charge >= 0.3 is 0 Å². The molecule has 0 aliphatic carbocycles. The Morgan fingerprint density at radius 2 is 2.12 bits per heavy atom. The zero-order valence-corrected chi connectivity index (χ0v) is 11.9. The molecular formula is C12H23N3OS. The van der Waals surface area contributed by atoms with Crippen molar-refractivity contribution in [2.75, 3.05) is 18.1 Å². The largest absolute Gasteiger partial charge is 0.337 e. The highest BCUT2D eigenvalue weighted by atomic mass is 32.2. The van der Waals surface area contributed by atoms with Gasteiger partial charge in [-0.05, 0) is 31.1 Å². The number of carbonyl (C=O) groups is 1. The molecule has 0 bridgehead atoms. The molecule has 0 spiro atoms. The van der Waals surface area contributed by atoms with Crippen molar-refractivity contribution in [2.45, 2.75) is 33.2 Å². The van der Waals surface area contributed by atoms with Crippen molar-refractivity contribution in [1.29, 1.82) is 5.26 Å². The van der Waals surface area contributed by atoms with E-state index in [-0.39, 0.29) is 11.8 Å². The van der Waals surface area contributed by atoms with Crippen LogP contribution in [0.4, 0.5) is 0 Å².